The van der Waals surface area contributed by atoms with Crippen LogP contribution >= 0.6 is 11.6 Å². The predicted octanol–water partition coefficient (Wildman–Crippen LogP) is 2.98. The fourth-order valence-electron chi connectivity index (χ4n) is 2.97. The summed E-state index contributed by atoms with van der Waals surface area (Å²) in [5.41, 5.74) is 1.72. The maximum absolute atomic E-state index is 12.3. The zero-order valence-corrected chi connectivity index (χ0v) is 15.1. The number of carbonyl (C=O) groups is 2. The number of rotatable bonds is 2. The Kier molecular flexibility index (Phi) is 4.05. The van der Waals surface area contributed by atoms with Gasteiger partial charge in [-0.2, -0.15) is 0 Å². The summed E-state index contributed by atoms with van der Waals surface area (Å²) in [5, 5.41) is 0.765. The van der Waals surface area contributed by atoms with Gasteiger partial charge in [-0.25, -0.2) is 0 Å². The van der Waals surface area contributed by atoms with Crippen LogP contribution in [0.2, 0.25) is 5.02 Å². The van der Waals surface area contributed by atoms with Crippen LogP contribution < -0.4 is 4.46 Å². The number of hydrogen-bond acceptors (Lipinski definition) is 3. The number of Topliss-reactive ketones (excluding diaryl/α,β-unsaturated/α-hetero) is 2. The van der Waals surface area contributed by atoms with E-state index < -0.39 is 11.6 Å². The summed E-state index contributed by atoms with van der Waals surface area (Å²) < 4.78 is 7.37. The molecule has 0 amide bonds. The van der Waals surface area contributed by atoms with Crippen molar-refractivity contribution >= 4 is 48.3 Å². The fourth-order valence-corrected chi connectivity index (χ4v) is 5.14. The van der Waals surface area contributed by atoms with Crippen molar-refractivity contribution in [2.75, 3.05) is 0 Å². The van der Waals surface area contributed by atoms with Crippen molar-refractivity contribution in [3.05, 3.63) is 70.3 Å². The third-order valence-corrected chi connectivity index (χ3v) is 6.77. The molecule has 2 aliphatic rings. The van der Waals surface area contributed by atoms with Gasteiger partial charge in [0.15, 0.2) is 0 Å². The van der Waals surface area contributed by atoms with Crippen molar-refractivity contribution in [1.29, 1.82) is 0 Å². The normalized spacial score (nSPS) is 19.6. The number of halogens is 1. The Bertz CT molecular complexity index is 870. The zero-order valence-electron chi connectivity index (χ0n) is 12.6. The summed E-state index contributed by atoms with van der Waals surface area (Å²) in [4.78, 5) is 24.6. The molecule has 2 aromatic carbocycles. The van der Waals surface area contributed by atoms with E-state index in [2.05, 4.69) is 0 Å². The minimum absolute atomic E-state index is 0.0477. The SMILES string of the molecule is O=C1C(=O)c2ccccc2C2=C1CC[C@@H]([Se]c1ccc(Cl)cc1)O2. The molecule has 24 heavy (non-hydrogen) atoms. The quantitative estimate of drug-likeness (QED) is 0.572. The Morgan fingerprint density at radius 1 is 0.958 bits per heavy atom. The molecule has 3 nitrogen and oxygen atoms in total. The van der Waals surface area contributed by atoms with Gasteiger partial charge in [-0.3, -0.25) is 0 Å². The number of hydrogen-bond donors (Lipinski definition) is 0. The Morgan fingerprint density at radius 2 is 1.67 bits per heavy atom. The van der Waals surface area contributed by atoms with E-state index in [1.807, 2.05) is 36.4 Å². The second-order valence-corrected chi connectivity index (χ2v) is 8.69. The Morgan fingerprint density at radius 3 is 2.42 bits per heavy atom. The average Bonchev–Trinajstić information content (AvgIpc) is 2.62. The van der Waals surface area contributed by atoms with E-state index in [-0.39, 0.29) is 20.0 Å². The second-order valence-electron chi connectivity index (χ2n) is 5.67. The number of allylic oxidation sites excluding steroid dienone is 1. The number of carbonyl (C=O) groups excluding carboxylic acids is 2. The summed E-state index contributed by atoms with van der Waals surface area (Å²) in [6, 6.07) is 15.0. The van der Waals surface area contributed by atoms with Gasteiger partial charge in [0.1, 0.15) is 0 Å². The molecule has 1 heterocycles. The average molecular weight is 404 g/mol. The number of ketones is 2. The van der Waals surface area contributed by atoms with Crippen molar-refractivity contribution in [2.45, 2.75) is 17.8 Å². The second kappa shape index (κ2) is 6.21. The molecule has 4 rings (SSSR count). The number of benzene rings is 2. The molecule has 0 aromatic heterocycles. The van der Waals surface area contributed by atoms with Crippen LogP contribution in [-0.4, -0.2) is 31.5 Å². The molecular weight excluding hydrogens is 391 g/mol. The van der Waals surface area contributed by atoms with E-state index in [1.54, 1.807) is 12.1 Å². The number of fused-ring (bicyclic) bond motifs is 2. The summed E-state index contributed by atoms with van der Waals surface area (Å²) in [5.74, 6) is -0.238. The van der Waals surface area contributed by atoms with Gasteiger partial charge in [-0.15, -0.1) is 0 Å². The molecule has 0 unspecified atom stereocenters. The van der Waals surface area contributed by atoms with Gasteiger partial charge >= 0.3 is 151 Å². The standard InChI is InChI=1S/C19H13ClO3Se/c20-11-5-7-12(8-6-11)24-16-10-9-15-18(22)17(21)13-3-1-2-4-14(13)19(15)23-16/h1-8,16H,9-10H2/t16-/m1/s1. The van der Waals surface area contributed by atoms with E-state index in [0.29, 0.717) is 23.3 Å². The van der Waals surface area contributed by atoms with E-state index >= 15 is 0 Å². The third kappa shape index (κ3) is 2.71. The van der Waals surface area contributed by atoms with Crippen LogP contribution in [0.3, 0.4) is 0 Å². The van der Waals surface area contributed by atoms with Crippen molar-refractivity contribution in [2.24, 2.45) is 0 Å². The van der Waals surface area contributed by atoms with E-state index in [9.17, 15) is 9.59 Å². The summed E-state index contributed by atoms with van der Waals surface area (Å²) in [6.45, 7) is 0. The van der Waals surface area contributed by atoms with Crippen LogP contribution in [0, 0.1) is 0 Å². The third-order valence-electron chi connectivity index (χ3n) is 4.13. The summed E-state index contributed by atoms with van der Waals surface area (Å²) in [6.07, 6.45) is 1.34. The molecule has 0 bridgehead atoms. The molecule has 120 valence electrons. The molecule has 0 spiro atoms. The first kappa shape index (κ1) is 15.6. The Labute approximate surface area is 150 Å². The first-order valence-electron chi connectivity index (χ1n) is 7.64. The summed E-state index contributed by atoms with van der Waals surface area (Å²) in [7, 11) is 0. The fraction of sp³-hybridized carbons (Fsp3) is 0.158. The minimum atomic E-state index is -0.422. The van der Waals surface area contributed by atoms with Crippen molar-refractivity contribution in [3.63, 3.8) is 0 Å². The monoisotopic (exact) mass is 404 g/mol. The van der Waals surface area contributed by atoms with Gasteiger partial charge in [-0.1, -0.05) is 0 Å². The van der Waals surface area contributed by atoms with Crippen LogP contribution in [-0.2, 0) is 9.53 Å². The van der Waals surface area contributed by atoms with Gasteiger partial charge in [0.25, 0.3) is 0 Å². The molecular formula is C19H13ClO3Se. The van der Waals surface area contributed by atoms with Crippen LogP contribution in [0.1, 0.15) is 28.8 Å². The molecule has 1 aliphatic carbocycles. The number of ether oxygens (including phenoxy) is 1. The van der Waals surface area contributed by atoms with Gasteiger partial charge in [-0.05, 0) is 0 Å². The topological polar surface area (TPSA) is 43.4 Å². The molecule has 0 saturated heterocycles. The molecule has 0 N–H and O–H groups in total. The Hall–Kier alpha value is -1.87. The molecule has 1 atom stereocenters. The first-order valence-corrected chi connectivity index (χ1v) is 9.86. The molecule has 1 aliphatic heterocycles. The van der Waals surface area contributed by atoms with Crippen LogP contribution in [0.15, 0.2) is 54.1 Å². The summed E-state index contributed by atoms with van der Waals surface area (Å²) >= 11 is 6.04. The first-order chi connectivity index (χ1) is 11.6. The van der Waals surface area contributed by atoms with Gasteiger partial charge < -0.3 is 0 Å². The molecule has 2 aromatic rings. The van der Waals surface area contributed by atoms with Crippen LogP contribution in [0.25, 0.3) is 5.76 Å². The molecule has 0 radical (unpaired) electrons. The molecule has 0 saturated carbocycles. The maximum atomic E-state index is 12.3. The van der Waals surface area contributed by atoms with Crippen molar-refractivity contribution in [1.82, 2.24) is 0 Å². The van der Waals surface area contributed by atoms with Gasteiger partial charge in [0.05, 0.1) is 0 Å². The molecule has 5 heteroatoms. The predicted molar refractivity (Wildman–Crippen MR) is 93.6 cm³/mol. The Balaban J connectivity index is 1.64. The zero-order chi connectivity index (χ0) is 16.7. The van der Waals surface area contributed by atoms with Crippen molar-refractivity contribution in [3.8, 4) is 0 Å². The van der Waals surface area contributed by atoms with Gasteiger partial charge in [0, 0.05) is 0 Å². The molecule has 0 fully saturated rings. The van der Waals surface area contributed by atoms with Crippen molar-refractivity contribution < 1.29 is 14.3 Å². The van der Waals surface area contributed by atoms with Gasteiger partial charge in [0.2, 0.25) is 0 Å². The van der Waals surface area contributed by atoms with Crippen LogP contribution in [0.5, 0.6) is 0 Å². The van der Waals surface area contributed by atoms with E-state index in [1.165, 1.54) is 4.46 Å². The van der Waals surface area contributed by atoms with Crippen LogP contribution in [0.4, 0.5) is 0 Å². The van der Waals surface area contributed by atoms with E-state index in [4.69, 9.17) is 16.3 Å². The van der Waals surface area contributed by atoms with E-state index in [0.717, 1.165) is 17.0 Å².